The van der Waals surface area contributed by atoms with E-state index < -0.39 is 5.91 Å². The van der Waals surface area contributed by atoms with Gasteiger partial charge < -0.3 is 14.8 Å². The van der Waals surface area contributed by atoms with E-state index in [0.29, 0.717) is 33.8 Å². The molecule has 1 amide bonds. The van der Waals surface area contributed by atoms with Gasteiger partial charge in [0.15, 0.2) is 11.5 Å². The Labute approximate surface area is 155 Å². The Balaban J connectivity index is 2.32. The molecule has 0 saturated heterocycles. The number of halogens is 1. The van der Waals surface area contributed by atoms with E-state index in [4.69, 9.17) is 9.47 Å². The van der Waals surface area contributed by atoms with Crippen molar-refractivity contribution in [2.45, 2.75) is 6.92 Å². The van der Waals surface area contributed by atoms with E-state index in [1.165, 1.54) is 6.08 Å². The average molecular weight is 401 g/mol. The number of carbonyl (C=O) groups is 1. The van der Waals surface area contributed by atoms with E-state index >= 15 is 0 Å². The van der Waals surface area contributed by atoms with E-state index in [9.17, 15) is 10.1 Å². The van der Waals surface area contributed by atoms with Gasteiger partial charge in [0.1, 0.15) is 11.6 Å². The summed E-state index contributed by atoms with van der Waals surface area (Å²) in [4.78, 5) is 12.3. The lowest BCUT2D eigenvalue weighted by Crippen LogP contribution is -2.13. The summed E-state index contributed by atoms with van der Waals surface area (Å²) in [6.07, 6.45) is 1.50. The van der Waals surface area contributed by atoms with E-state index in [1.807, 2.05) is 19.1 Å². The standard InChI is InChI=1S/C19H17BrN2O3/c1-3-25-17-11-13(10-16(20)18(17)24-2)9-14(12-21)19(23)22-15-7-5-4-6-8-15/h4-11H,3H2,1-2H3,(H,22,23)/b14-9+. The van der Waals surface area contributed by atoms with Crippen molar-refractivity contribution in [1.29, 1.82) is 5.26 Å². The molecule has 0 atom stereocenters. The number of amides is 1. The number of anilines is 1. The molecule has 0 fully saturated rings. The predicted molar refractivity (Wildman–Crippen MR) is 101 cm³/mol. The first-order valence-electron chi connectivity index (χ1n) is 7.57. The van der Waals surface area contributed by atoms with Gasteiger partial charge in [-0.3, -0.25) is 4.79 Å². The maximum absolute atomic E-state index is 12.3. The van der Waals surface area contributed by atoms with Crippen LogP contribution >= 0.6 is 15.9 Å². The Morgan fingerprint density at radius 3 is 2.64 bits per heavy atom. The third-order valence-electron chi connectivity index (χ3n) is 3.24. The molecule has 2 aromatic rings. The summed E-state index contributed by atoms with van der Waals surface area (Å²) in [7, 11) is 1.55. The normalized spacial score (nSPS) is 10.7. The second-order valence-corrected chi connectivity index (χ2v) is 5.81. The summed E-state index contributed by atoms with van der Waals surface area (Å²) in [6.45, 7) is 2.33. The number of benzene rings is 2. The number of methoxy groups -OCH3 is 1. The molecule has 6 heteroatoms. The second-order valence-electron chi connectivity index (χ2n) is 4.96. The van der Waals surface area contributed by atoms with Crippen molar-refractivity contribution in [2.75, 3.05) is 19.0 Å². The number of hydrogen-bond donors (Lipinski definition) is 1. The zero-order valence-corrected chi connectivity index (χ0v) is 15.5. The summed E-state index contributed by atoms with van der Waals surface area (Å²) in [6, 6.07) is 14.4. The molecular weight excluding hydrogens is 384 g/mol. The van der Waals surface area contributed by atoms with Crippen LogP contribution < -0.4 is 14.8 Å². The zero-order valence-electron chi connectivity index (χ0n) is 13.9. The zero-order chi connectivity index (χ0) is 18.2. The highest BCUT2D eigenvalue weighted by molar-refractivity contribution is 9.10. The SMILES string of the molecule is CCOc1cc(/C=C(\C#N)C(=O)Nc2ccccc2)cc(Br)c1OC. The van der Waals surface area contributed by atoms with Crippen LogP contribution in [0.5, 0.6) is 11.5 Å². The molecule has 0 aliphatic rings. The highest BCUT2D eigenvalue weighted by atomic mass is 79.9. The van der Waals surface area contributed by atoms with Crippen LogP contribution in [0.25, 0.3) is 6.08 Å². The Bertz CT molecular complexity index is 827. The molecule has 128 valence electrons. The topological polar surface area (TPSA) is 71.3 Å². The molecule has 0 bridgehead atoms. The predicted octanol–water partition coefficient (Wildman–Crippen LogP) is 4.40. The van der Waals surface area contributed by atoms with Crippen molar-refractivity contribution < 1.29 is 14.3 Å². The maximum atomic E-state index is 12.3. The molecule has 0 aromatic heterocycles. The van der Waals surface area contributed by atoms with E-state index in [-0.39, 0.29) is 5.57 Å². The van der Waals surface area contributed by atoms with Gasteiger partial charge in [0, 0.05) is 5.69 Å². The number of hydrogen-bond acceptors (Lipinski definition) is 4. The van der Waals surface area contributed by atoms with Crippen LogP contribution in [-0.2, 0) is 4.79 Å². The molecule has 25 heavy (non-hydrogen) atoms. The third kappa shape index (κ3) is 4.85. The lowest BCUT2D eigenvalue weighted by molar-refractivity contribution is -0.112. The van der Waals surface area contributed by atoms with Crippen molar-refractivity contribution in [2.24, 2.45) is 0 Å². The number of nitriles is 1. The van der Waals surface area contributed by atoms with Gasteiger partial charge in [-0.1, -0.05) is 18.2 Å². The minimum atomic E-state index is -0.474. The van der Waals surface area contributed by atoms with E-state index in [0.717, 1.165) is 0 Å². The molecule has 2 rings (SSSR count). The molecule has 0 aliphatic heterocycles. The van der Waals surface area contributed by atoms with E-state index in [2.05, 4.69) is 21.2 Å². The molecule has 0 aliphatic carbocycles. The fourth-order valence-electron chi connectivity index (χ4n) is 2.17. The number of ether oxygens (including phenoxy) is 2. The fraction of sp³-hybridized carbons (Fsp3) is 0.158. The van der Waals surface area contributed by atoms with Gasteiger partial charge >= 0.3 is 0 Å². The Morgan fingerprint density at radius 1 is 1.32 bits per heavy atom. The van der Waals surface area contributed by atoms with Gasteiger partial charge in [-0.2, -0.15) is 5.26 Å². The first kappa shape index (κ1) is 18.6. The number of carbonyl (C=O) groups excluding carboxylic acids is 1. The number of nitrogens with one attached hydrogen (secondary N) is 1. The summed E-state index contributed by atoms with van der Waals surface area (Å²) in [5, 5.41) is 12.0. The van der Waals surface area contributed by atoms with Gasteiger partial charge in [0.2, 0.25) is 0 Å². The van der Waals surface area contributed by atoms with Crippen molar-refractivity contribution in [3.05, 3.63) is 58.1 Å². The van der Waals surface area contributed by atoms with Crippen molar-refractivity contribution >= 4 is 33.6 Å². The second kappa shape index (κ2) is 8.90. The summed E-state index contributed by atoms with van der Waals surface area (Å²) >= 11 is 3.41. The maximum Gasteiger partial charge on any atom is 0.266 e. The summed E-state index contributed by atoms with van der Waals surface area (Å²) in [5.74, 6) is 0.622. The van der Waals surface area contributed by atoms with Crippen LogP contribution in [0, 0.1) is 11.3 Å². The van der Waals surface area contributed by atoms with Gasteiger partial charge in [-0.15, -0.1) is 0 Å². The highest BCUT2D eigenvalue weighted by Crippen LogP contribution is 2.37. The molecular formula is C19H17BrN2O3. The Kier molecular flexibility index (Phi) is 6.61. The first-order chi connectivity index (χ1) is 12.1. The minimum absolute atomic E-state index is 0.0108. The molecule has 0 heterocycles. The largest absolute Gasteiger partial charge is 0.492 e. The highest BCUT2D eigenvalue weighted by Gasteiger charge is 2.13. The van der Waals surface area contributed by atoms with Crippen molar-refractivity contribution in [1.82, 2.24) is 0 Å². The molecule has 0 unspecified atom stereocenters. The van der Waals surface area contributed by atoms with Crippen LogP contribution in [0.3, 0.4) is 0 Å². The number of rotatable bonds is 6. The first-order valence-corrected chi connectivity index (χ1v) is 8.36. The van der Waals surface area contributed by atoms with Crippen molar-refractivity contribution in [3.8, 4) is 17.6 Å². The smallest absolute Gasteiger partial charge is 0.266 e. The van der Waals surface area contributed by atoms with Crippen LogP contribution in [-0.4, -0.2) is 19.6 Å². The third-order valence-corrected chi connectivity index (χ3v) is 3.83. The summed E-state index contributed by atoms with van der Waals surface area (Å²) in [5.41, 5.74) is 1.26. The van der Waals surface area contributed by atoms with Crippen LogP contribution in [0.15, 0.2) is 52.5 Å². The fourth-order valence-corrected chi connectivity index (χ4v) is 2.79. The molecule has 0 spiro atoms. The Hall–Kier alpha value is -2.78. The lowest BCUT2D eigenvalue weighted by Gasteiger charge is -2.12. The van der Waals surface area contributed by atoms with Gasteiger partial charge in [0.25, 0.3) is 5.91 Å². The number of para-hydroxylation sites is 1. The molecule has 2 aromatic carbocycles. The molecule has 1 N–H and O–H groups in total. The van der Waals surface area contributed by atoms with Crippen LogP contribution in [0.2, 0.25) is 0 Å². The monoisotopic (exact) mass is 400 g/mol. The van der Waals surface area contributed by atoms with Crippen LogP contribution in [0.1, 0.15) is 12.5 Å². The molecule has 0 saturated carbocycles. The van der Waals surface area contributed by atoms with Gasteiger partial charge in [-0.05, 0) is 58.8 Å². The van der Waals surface area contributed by atoms with Crippen LogP contribution in [0.4, 0.5) is 5.69 Å². The summed E-state index contributed by atoms with van der Waals surface area (Å²) < 4.78 is 11.5. The molecule has 5 nitrogen and oxygen atoms in total. The van der Waals surface area contributed by atoms with Gasteiger partial charge in [0.05, 0.1) is 18.2 Å². The average Bonchev–Trinajstić information content (AvgIpc) is 2.60. The van der Waals surface area contributed by atoms with E-state index in [1.54, 1.807) is 43.5 Å². The lowest BCUT2D eigenvalue weighted by atomic mass is 10.1. The van der Waals surface area contributed by atoms with Crippen molar-refractivity contribution in [3.63, 3.8) is 0 Å². The molecule has 0 radical (unpaired) electrons. The minimum Gasteiger partial charge on any atom is -0.492 e. The van der Waals surface area contributed by atoms with Gasteiger partial charge in [-0.25, -0.2) is 0 Å². The number of nitrogens with zero attached hydrogens (tertiary/aromatic N) is 1. The Morgan fingerprint density at radius 2 is 2.04 bits per heavy atom. The quantitative estimate of drug-likeness (QED) is 0.575.